The molecule has 1 saturated carbocycles. The van der Waals surface area contributed by atoms with Crippen LogP contribution in [0, 0.1) is 0 Å². The Morgan fingerprint density at radius 3 is 2.38 bits per heavy atom. The van der Waals surface area contributed by atoms with Gasteiger partial charge < -0.3 is 10.2 Å². The van der Waals surface area contributed by atoms with Crippen molar-refractivity contribution >= 4 is 5.91 Å². The van der Waals surface area contributed by atoms with E-state index in [1.165, 1.54) is 12.8 Å². The highest BCUT2D eigenvalue weighted by Crippen LogP contribution is 2.30. The van der Waals surface area contributed by atoms with Crippen molar-refractivity contribution in [2.24, 2.45) is 0 Å². The van der Waals surface area contributed by atoms with Gasteiger partial charge in [0.1, 0.15) is 0 Å². The number of carbonyl (C=O) groups excluding carboxylic acids is 1. The minimum atomic E-state index is -0.245. The summed E-state index contributed by atoms with van der Waals surface area (Å²) in [6.07, 6.45) is 4.33. The van der Waals surface area contributed by atoms with E-state index < -0.39 is 0 Å². The van der Waals surface area contributed by atoms with E-state index in [2.05, 4.69) is 5.32 Å². The maximum atomic E-state index is 12.0. The number of hydrogen-bond donors (Lipinski definition) is 1. The van der Waals surface area contributed by atoms with E-state index in [9.17, 15) is 4.79 Å². The number of hydrogen-bond acceptors (Lipinski definition) is 2. The molecule has 0 saturated heterocycles. The molecule has 0 aromatic rings. The molecule has 0 aromatic heterocycles. The molecule has 13 heavy (non-hydrogen) atoms. The fraction of sp³-hybridized carbons (Fsp3) is 0.900. The van der Waals surface area contributed by atoms with Gasteiger partial charge in [-0.1, -0.05) is 12.8 Å². The lowest BCUT2D eigenvalue weighted by Crippen LogP contribution is -2.54. The molecule has 0 spiro atoms. The zero-order chi connectivity index (χ0) is 9.90. The van der Waals surface area contributed by atoms with Crippen molar-refractivity contribution in [2.45, 2.75) is 38.1 Å². The van der Waals surface area contributed by atoms with Crippen LogP contribution in [0.2, 0.25) is 0 Å². The highest BCUT2D eigenvalue weighted by atomic mass is 16.2. The van der Waals surface area contributed by atoms with Gasteiger partial charge in [-0.2, -0.15) is 0 Å². The number of nitrogens with one attached hydrogen (secondary N) is 1. The van der Waals surface area contributed by atoms with Crippen LogP contribution in [0.15, 0.2) is 0 Å². The van der Waals surface area contributed by atoms with Crippen LogP contribution in [0.4, 0.5) is 0 Å². The molecule has 1 N–H and O–H groups in total. The Labute approximate surface area is 80.5 Å². The van der Waals surface area contributed by atoms with Gasteiger partial charge in [-0.25, -0.2) is 0 Å². The molecular formula is C10H20N2O. The van der Waals surface area contributed by atoms with Crippen LogP contribution >= 0.6 is 0 Å². The van der Waals surface area contributed by atoms with Gasteiger partial charge in [-0.3, -0.25) is 4.79 Å². The smallest absolute Gasteiger partial charge is 0.242 e. The highest BCUT2D eigenvalue weighted by molar-refractivity contribution is 5.86. The topological polar surface area (TPSA) is 32.3 Å². The molecule has 0 aromatic carbocycles. The number of rotatable bonds is 3. The minimum absolute atomic E-state index is 0.245. The molecule has 0 radical (unpaired) electrons. The normalized spacial score (nSPS) is 20.2. The molecule has 76 valence electrons. The van der Waals surface area contributed by atoms with Crippen molar-refractivity contribution in [2.75, 3.05) is 20.6 Å². The summed E-state index contributed by atoms with van der Waals surface area (Å²) in [4.78, 5) is 13.8. The van der Waals surface area contributed by atoms with Gasteiger partial charge in [0.15, 0.2) is 0 Å². The molecule has 1 aliphatic rings. The van der Waals surface area contributed by atoms with Crippen LogP contribution in [0.3, 0.4) is 0 Å². The van der Waals surface area contributed by atoms with Crippen molar-refractivity contribution in [1.29, 1.82) is 0 Å². The Morgan fingerprint density at radius 1 is 1.46 bits per heavy atom. The van der Waals surface area contributed by atoms with Crippen LogP contribution in [-0.4, -0.2) is 37.0 Å². The summed E-state index contributed by atoms with van der Waals surface area (Å²) in [5, 5.41) is 3.20. The van der Waals surface area contributed by atoms with Gasteiger partial charge in [0.25, 0.3) is 0 Å². The van der Waals surface area contributed by atoms with Crippen LogP contribution < -0.4 is 5.32 Å². The van der Waals surface area contributed by atoms with Crippen molar-refractivity contribution in [3.8, 4) is 0 Å². The quantitative estimate of drug-likeness (QED) is 0.709. The summed E-state index contributed by atoms with van der Waals surface area (Å²) < 4.78 is 0. The predicted octanol–water partition coefficient (Wildman–Crippen LogP) is 0.997. The van der Waals surface area contributed by atoms with Gasteiger partial charge >= 0.3 is 0 Å². The zero-order valence-corrected chi connectivity index (χ0v) is 8.89. The highest BCUT2D eigenvalue weighted by Gasteiger charge is 2.40. The van der Waals surface area contributed by atoms with E-state index in [1.54, 1.807) is 0 Å². The Kier molecular flexibility index (Phi) is 3.31. The van der Waals surface area contributed by atoms with Gasteiger partial charge in [0.2, 0.25) is 5.91 Å². The first-order valence-corrected chi connectivity index (χ1v) is 5.11. The van der Waals surface area contributed by atoms with Crippen molar-refractivity contribution in [3.63, 3.8) is 0 Å². The van der Waals surface area contributed by atoms with Gasteiger partial charge in [0.05, 0.1) is 5.54 Å². The standard InChI is InChI=1S/C10H20N2O/c1-4-12(3)9(13)10(11-2)7-5-6-8-10/h11H,4-8H2,1-3H3. The van der Waals surface area contributed by atoms with E-state index in [0.29, 0.717) is 0 Å². The average molecular weight is 184 g/mol. The lowest BCUT2D eigenvalue weighted by molar-refractivity contribution is -0.136. The summed E-state index contributed by atoms with van der Waals surface area (Å²) in [7, 11) is 3.77. The first-order chi connectivity index (χ1) is 6.16. The fourth-order valence-electron chi connectivity index (χ4n) is 2.06. The second-order valence-corrected chi connectivity index (χ2v) is 3.86. The molecule has 1 aliphatic carbocycles. The lowest BCUT2D eigenvalue weighted by Gasteiger charge is -2.31. The number of likely N-dealkylation sites (N-methyl/N-ethyl adjacent to an activating group) is 2. The predicted molar refractivity (Wildman–Crippen MR) is 53.6 cm³/mol. The number of carbonyl (C=O) groups is 1. The first-order valence-electron chi connectivity index (χ1n) is 5.11. The van der Waals surface area contributed by atoms with E-state index in [0.717, 1.165) is 19.4 Å². The van der Waals surface area contributed by atoms with Crippen LogP contribution in [0.5, 0.6) is 0 Å². The molecule has 0 atom stereocenters. The van der Waals surface area contributed by atoms with Gasteiger partial charge in [-0.15, -0.1) is 0 Å². The van der Waals surface area contributed by atoms with Crippen LogP contribution in [-0.2, 0) is 4.79 Å². The third-order valence-corrected chi connectivity index (χ3v) is 3.17. The summed E-state index contributed by atoms with van der Waals surface area (Å²) in [6.45, 7) is 2.80. The Hall–Kier alpha value is -0.570. The molecular weight excluding hydrogens is 164 g/mol. The van der Waals surface area contributed by atoms with E-state index >= 15 is 0 Å². The summed E-state index contributed by atoms with van der Waals surface area (Å²) in [5.41, 5.74) is -0.245. The minimum Gasteiger partial charge on any atom is -0.344 e. The molecule has 0 heterocycles. The van der Waals surface area contributed by atoms with E-state index in [-0.39, 0.29) is 11.4 Å². The molecule has 3 nitrogen and oxygen atoms in total. The number of nitrogens with zero attached hydrogens (tertiary/aromatic N) is 1. The fourth-order valence-corrected chi connectivity index (χ4v) is 2.06. The summed E-state index contributed by atoms with van der Waals surface area (Å²) in [6, 6.07) is 0. The maximum absolute atomic E-state index is 12.0. The van der Waals surface area contributed by atoms with Crippen LogP contribution in [0.25, 0.3) is 0 Å². The molecule has 0 unspecified atom stereocenters. The van der Waals surface area contributed by atoms with Crippen molar-refractivity contribution < 1.29 is 4.79 Å². The van der Waals surface area contributed by atoms with Gasteiger partial charge in [0, 0.05) is 13.6 Å². The summed E-state index contributed by atoms with van der Waals surface area (Å²) >= 11 is 0. The van der Waals surface area contributed by atoms with Crippen molar-refractivity contribution in [1.82, 2.24) is 10.2 Å². The SMILES string of the molecule is CCN(C)C(=O)C1(NC)CCCC1. The van der Waals surface area contributed by atoms with E-state index in [4.69, 9.17) is 0 Å². The monoisotopic (exact) mass is 184 g/mol. The lowest BCUT2D eigenvalue weighted by atomic mass is 9.96. The maximum Gasteiger partial charge on any atom is 0.242 e. The van der Waals surface area contributed by atoms with Gasteiger partial charge in [-0.05, 0) is 26.8 Å². The molecule has 1 fully saturated rings. The molecule has 0 aliphatic heterocycles. The van der Waals surface area contributed by atoms with Crippen LogP contribution in [0.1, 0.15) is 32.6 Å². The first kappa shape index (κ1) is 10.5. The second kappa shape index (κ2) is 4.09. The third-order valence-electron chi connectivity index (χ3n) is 3.17. The summed E-state index contributed by atoms with van der Waals surface area (Å²) in [5.74, 6) is 0.259. The molecule has 1 amide bonds. The Bertz CT molecular complexity index is 185. The third kappa shape index (κ3) is 1.85. The largest absolute Gasteiger partial charge is 0.344 e. The van der Waals surface area contributed by atoms with E-state index in [1.807, 2.05) is 25.9 Å². The van der Waals surface area contributed by atoms with Crippen molar-refractivity contribution in [3.05, 3.63) is 0 Å². The zero-order valence-electron chi connectivity index (χ0n) is 8.89. The molecule has 1 rings (SSSR count). The Morgan fingerprint density at radius 2 is 2.00 bits per heavy atom. The average Bonchev–Trinajstić information content (AvgIpc) is 2.65. The molecule has 0 bridgehead atoms. The second-order valence-electron chi connectivity index (χ2n) is 3.86. The molecule has 3 heteroatoms. The Balaban J connectivity index is 2.70. The number of amides is 1.